The Balaban J connectivity index is 2.13. The molecule has 3 heterocycles. The highest BCUT2D eigenvalue weighted by atomic mass is 19.1. The number of aliphatic hydroxyl groups is 2. The minimum absolute atomic E-state index is 0.0207. The first kappa shape index (κ1) is 16.5. The van der Waals surface area contributed by atoms with E-state index in [1.54, 1.807) is 0 Å². The molecule has 2 aromatic heterocycles. The molecular weight excluding hydrogens is 319 g/mol. The van der Waals surface area contributed by atoms with Crippen molar-refractivity contribution in [1.82, 2.24) is 19.5 Å². The Morgan fingerprint density at radius 3 is 2.96 bits per heavy atom. The van der Waals surface area contributed by atoms with Crippen molar-refractivity contribution >= 4 is 17.1 Å². The van der Waals surface area contributed by atoms with E-state index in [1.807, 2.05) is 0 Å². The smallest absolute Gasteiger partial charge is 0.222 e. The van der Waals surface area contributed by atoms with Crippen LogP contribution in [0.15, 0.2) is 12.5 Å². The molecule has 2 aromatic rings. The molecule has 0 aromatic carbocycles. The number of nitrogen functional groups attached to an aromatic ring is 1. The van der Waals surface area contributed by atoms with E-state index in [4.69, 9.17) is 16.2 Å². The van der Waals surface area contributed by atoms with Gasteiger partial charge in [-0.2, -0.15) is 4.98 Å². The van der Waals surface area contributed by atoms with Crippen LogP contribution in [0.5, 0.6) is 0 Å². The highest BCUT2D eigenvalue weighted by Gasteiger charge is 2.55. The Kier molecular flexibility index (Phi) is 4.10. The van der Waals surface area contributed by atoms with E-state index in [0.717, 1.165) is 0 Å². The summed E-state index contributed by atoms with van der Waals surface area (Å²) in [6.07, 6.45) is -1.61. The van der Waals surface area contributed by atoms with Crippen molar-refractivity contribution < 1.29 is 19.3 Å². The second kappa shape index (κ2) is 5.95. The van der Waals surface area contributed by atoms with Gasteiger partial charge in [0.2, 0.25) is 5.95 Å². The van der Waals surface area contributed by atoms with E-state index in [9.17, 15) is 14.6 Å². The number of alkyl halides is 1. The zero-order valence-corrected chi connectivity index (χ0v) is 12.8. The Morgan fingerprint density at radius 1 is 1.54 bits per heavy atom. The molecule has 24 heavy (non-hydrogen) atoms. The fourth-order valence-corrected chi connectivity index (χ4v) is 2.76. The zero-order valence-electron chi connectivity index (χ0n) is 12.8. The van der Waals surface area contributed by atoms with E-state index < -0.39 is 36.8 Å². The third-order valence-electron chi connectivity index (χ3n) is 3.93. The first-order valence-corrected chi connectivity index (χ1v) is 7.20. The summed E-state index contributed by atoms with van der Waals surface area (Å²) in [5, 5.41) is 20.3. The van der Waals surface area contributed by atoms with Crippen molar-refractivity contribution in [1.29, 1.82) is 0 Å². The summed E-state index contributed by atoms with van der Waals surface area (Å²) < 4.78 is 19.7. The number of rotatable bonds is 2. The summed E-state index contributed by atoms with van der Waals surface area (Å²) in [5.74, 6) is 4.74. The van der Waals surface area contributed by atoms with Crippen LogP contribution in [-0.2, 0) is 4.74 Å². The molecule has 0 bridgehead atoms. The Labute approximate surface area is 136 Å². The number of nitrogens with two attached hydrogens (primary N) is 2. The molecule has 0 aliphatic carbocycles. The predicted molar refractivity (Wildman–Crippen MR) is 82.0 cm³/mol. The number of imidazole rings is 1. The molecule has 1 saturated heterocycles. The standard InChI is InChI=1S/C14H17FN6O3/c1-7(22)9-10(23)14(17,3-2-4-15)12(24-9)21-6-19-8-5-18-13(16)20-11(8)21/h5-7,9-10,12,22-23H,4,17H2,1H3,(H2,16,18,20)/t7-,9+,10-,12+,14?/m0/s1. The van der Waals surface area contributed by atoms with Crippen molar-refractivity contribution in [3.8, 4) is 11.8 Å². The molecular formula is C14H17FN6O3. The summed E-state index contributed by atoms with van der Waals surface area (Å²) in [6, 6.07) is 0. The van der Waals surface area contributed by atoms with Gasteiger partial charge in [0.1, 0.15) is 24.4 Å². The first-order valence-electron chi connectivity index (χ1n) is 7.20. The Morgan fingerprint density at radius 2 is 2.29 bits per heavy atom. The molecule has 6 N–H and O–H groups in total. The molecule has 1 fully saturated rings. The number of anilines is 1. The van der Waals surface area contributed by atoms with Crippen LogP contribution >= 0.6 is 0 Å². The Bertz CT molecular complexity index is 816. The third-order valence-corrected chi connectivity index (χ3v) is 3.93. The van der Waals surface area contributed by atoms with Gasteiger partial charge in [0.15, 0.2) is 17.4 Å². The second-order valence-corrected chi connectivity index (χ2v) is 5.60. The van der Waals surface area contributed by atoms with Gasteiger partial charge in [0.25, 0.3) is 0 Å². The van der Waals surface area contributed by atoms with Crippen LogP contribution < -0.4 is 11.5 Å². The zero-order chi connectivity index (χ0) is 17.5. The number of aliphatic hydroxyl groups excluding tert-OH is 2. The molecule has 9 nitrogen and oxygen atoms in total. The third kappa shape index (κ3) is 2.47. The molecule has 128 valence electrons. The maximum atomic E-state index is 12.5. The summed E-state index contributed by atoms with van der Waals surface area (Å²) in [7, 11) is 0. The quantitative estimate of drug-likeness (QED) is 0.496. The molecule has 0 amide bonds. The van der Waals surface area contributed by atoms with Gasteiger partial charge in [-0.1, -0.05) is 11.8 Å². The molecule has 0 radical (unpaired) electrons. The summed E-state index contributed by atoms with van der Waals surface area (Å²) in [4.78, 5) is 12.1. The maximum Gasteiger partial charge on any atom is 0.222 e. The monoisotopic (exact) mass is 336 g/mol. The number of hydrogen-bond donors (Lipinski definition) is 4. The van der Waals surface area contributed by atoms with Crippen LogP contribution in [0.3, 0.4) is 0 Å². The molecule has 1 aliphatic heterocycles. The minimum atomic E-state index is -1.67. The number of hydrogen-bond acceptors (Lipinski definition) is 8. The van der Waals surface area contributed by atoms with Crippen molar-refractivity contribution in [2.45, 2.75) is 37.0 Å². The highest BCUT2D eigenvalue weighted by molar-refractivity contribution is 5.70. The number of nitrogens with zero attached hydrogens (tertiary/aromatic N) is 4. The van der Waals surface area contributed by atoms with E-state index in [2.05, 4.69) is 26.8 Å². The van der Waals surface area contributed by atoms with Gasteiger partial charge in [0, 0.05) is 0 Å². The van der Waals surface area contributed by atoms with Gasteiger partial charge >= 0.3 is 0 Å². The van der Waals surface area contributed by atoms with Crippen LogP contribution in [0.1, 0.15) is 13.2 Å². The average Bonchev–Trinajstić information content (AvgIpc) is 3.05. The minimum Gasteiger partial charge on any atom is -0.391 e. The fourth-order valence-electron chi connectivity index (χ4n) is 2.76. The van der Waals surface area contributed by atoms with Crippen LogP contribution in [0, 0.1) is 11.8 Å². The van der Waals surface area contributed by atoms with Gasteiger partial charge in [-0.3, -0.25) is 4.57 Å². The van der Waals surface area contributed by atoms with Gasteiger partial charge in [-0.05, 0) is 6.92 Å². The van der Waals surface area contributed by atoms with Gasteiger partial charge < -0.3 is 26.4 Å². The van der Waals surface area contributed by atoms with E-state index >= 15 is 0 Å². The molecule has 3 rings (SSSR count). The average molecular weight is 336 g/mol. The summed E-state index contributed by atoms with van der Waals surface area (Å²) >= 11 is 0. The van der Waals surface area contributed by atoms with Crippen molar-refractivity contribution in [2.75, 3.05) is 12.4 Å². The van der Waals surface area contributed by atoms with E-state index in [-0.39, 0.29) is 5.95 Å². The normalized spacial score (nSPS) is 31.0. The van der Waals surface area contributed by atoms with Gasteiger partial charge in [-0.15, -0.1) is 0 Å². The van der Waals surface area contributed by atoms with E-state index in [1.165, 1.54) is 24.0 Å². The van der Waals surface area contributed by atoms with E-state index in [0.29, 0.717) is 11.2 Å². The van der Waals surface area contributed by atoms with Gasteiger partial charge in [0.05, 0.1) is 18.6 Å². The maximum absolute atomic E-state index is 12.5. The lowest BCUT2D eigenvalue weighted by Gasteiger charge is -2.27. The number of ether oxygens (including phenoxy) is 1. The molecule has 0 spiro atoms. The lowest BCUT2D eigenvalue weighted by Crippen LogP contribution is -2.54. The molecule has 1 unspecified atom stereocenters. The summed E-state index contributed by atoms with van der Waals surface area (Å²) in [5.41, 5.74) is 10.9. The van der Waals surface area contributed by atoms with Gasteiger partial charge in [-0.25, -0.2) is 14.4 Å². The SMILES string of the molecule is C[C@H](O)[C@H]1O[C@@H](n2cnc3cnc(N)nc32)C(N)(C#CCF)[C@H]1O. The predicted octanol–water partition coefficient (Wildman–Crippen LogP) is -1.28. The lowest BCUT2D eigenvalue weighted by atomic mass is 9.90. The number of fused-ring (bicyclic) bond motifs is 1. The first-order chi connectivity index (χ1) is 11.4. The van der Waals surface area contributed by atoms with Crippen LogP contribution in [0.4, 0.5) is 10.3 Å². The molecule has 1 aliphatic rings. The fraction of sp³-hybridized carbons (Fsp3) is 0.500. The van der Waals surface area contributed by atoms with Crippen molar-refractivity contribution in [3.05, 3.63) is 12.5 Å². The van der Waals surface area contributed by atoms with Crippen LogP contribution in [0.2, 0.25) is 0 Å². The van der Waals surface area contributed by atoms with Crippen LogP contribution in [0.25, 0.3) is 11.2 Å². The topological polar surface area (TPSA) is 145 Å². The van der Waals surface area contributed by atoms with Crippen LogP contribution in [-0.4, -0.2) is 60.3 Å². The van der Waals surface area contributed by atoms with Crippen molar-refractivity contribution in [3.63, 3.8) is 0 Å². The molecule has 0 saturated carbocycles. The number of aromatic nitrogens is 4. The number of halogens is 1. The molecule has 10 heteroatoms. The second-order valence-electron chi connectivity index (χ2n) is 5.60. The Hall–Kier alpha value is -2.32. The summed E-state index contributed by atoms with van der Waals surface area (Å²) in [6.45, 7) is 0.517. The van der Waals surface area contributed by atoms with Crippen molar-refractivity contribution in [2.24, 2.45) is 5.73 Å². The largest absolute Gasteiger partial charge is 0.391 e. The molecule has 5 atom stereocenters. The highest BCUT2D eigenvalue weighted by Crippen LogP contribution is 2.38. The lowest BCUT2D eigenvalue weighted by molar-refractivity contribution is -0.0756.